The van der Waals surface area contributed by atoms with Gasteiger partial charge in [-0.25, -0.2) is 0 Å². The lowest BCUT2D eigenvalue weighted by Gasteiger charge is -2.28. The standard InChI is InChI=1S/C20H19N5OS/c26-18-7-6-14-3-1-5-17(19(14)23-18)27-25-13-16(24-11-9-21-10-12-24)20-15(25)4-2-8-22-20/h1-8,13,21H,9-12H2,(H,23,26). The number of para-hydroxylation sites is 1. The van der Waals surface area contributed by atoms with E-state index in [0.717, 1.165) is 58.7 Å². The van der Waals surface area contributed by atoms with Crippen LogP contribution in [0.25, 0.3) is 21.9 Å². The summed E-state index contributed by atoms with van der Waals surface area (Å²) in [7, 11) is 0. The lowest BCUT2D eigenvalue weighted by molar-refractivity contribution is 0.590. The predicted molar refractivity (Wildman–Crippen MR) is 111 cm³/mol. The number of anilines is 1. The molecule has 2 N–H and O–H groups in total. The second-order valence-corrected chi connectivity index (χ2v) is 7.60. The lowest BCUT2D eigenvalue weighted by Crippen LogP contribution is -2.43. The van der Waals surface area contributed by atoms with Gasteiger partial charge in [0.2, 0.25) is 5.56 Å². The molecule has 4 heterocycles. The van der Waals surface area contributed by atoms with Crippen molar-refractivity contribution in [2.75, 3.05) is 31.1 Å². The van der Waals surface area contributed by atoms with Crippen molar-refractivity contribution >= 4 is 39.6 Å². The normalized spacial score (nSPS) is 14.9. The fourth-order valence-corrected chi connectivity index (χ4v) is 4.57. The van der Waals surface area contributed by atoms with Crippen molar-refractivity contribution in [2.45, 2.75) is 4.90 Å². The summed E-state index contributed by atoms with van der Waals surface area (Å²) in [5, 5.41) is 4.42. The summed E-state index contributed by atoms with van der Waals surface area (Å²) in [6.45, 7) is 3.91. The van der Waals surface area contributed by atoms with Gasteiger partial charge in [0, 0.05) is 44.6 Å². The van der Waals surface area contributed by atoms with Crippen LogP contribution >= 0.6 is 11.9 Å². The number of hydrogen-bond acceptors (Lipinski definition) is 5. The Morgan fingerprint density at radius 1 is 1.04 bits per heavy atom. The van der Waals surface area contributed by atoms with Crippen LogP contribution in [-0.2, 0) is 0 Å². The summed E-state index contributed by atoms with van der Waals surface area (Å²) in [6.07, 6.45) is 4.01. The monoisotopic (exact) mass is 377 g/mol. The third-order valence-corrected chi connectivity index (χ3v) is 5.92. The predicted octanol–water partition coefficient (Wildman–Crippen LogP) is 2.84. The fraction of sp³-hybridized carbons (Fsp3) is 0.200. The summed E-state index contributed by atoms with van der Waals surface area (Å²) in [5.41, 5.74) is 4.03. The maximum absolute atomic E-state index is 11.8. The van der Waals surface area contributed by atoms with Gasteiger partial charge < -0.3 is 15.2 Å². The molecular formula is C20H19N5OS. The van der Waals surface area contributed by atoms with Crippen LogP contribution in [0.1, 0.15) is 0 Å². The van der Waals surface area contributed by atoms with E-state index in [1.807, 2.05) is 36.5 Å². The molecule has 0 spiro atoms. The van der Waals surface area contributed by atoms with Gasteiger partial charge in [-0.15, -0.1) is 0 Å². The first kappa shape index (κ1) is 16.4. The third kappa shape index (κ3) is 2.98. The third-order valence-electron chi connectivity index (χ3n) is 4.88. The van der Waals surface area contributed by atoms with Crippen molar-refractivity contribution in [1.82, 2.24) is 19.3 Å². The van der Waals surface area contributed by atoms with E-state index >= 15 is 0 Å². The molecule has 0 unspecified atom stereocenters. The van der Waals surface area contributed by atoms with Crippen LogP contribution in [0.2, 0.25) is 0 Å². The number of fused-ring (bicyclic) bond motifs is 2. The number of aromatic nitrogens is 3. The van der Waals surface area contributed by atoms with Crippen molar-refractivity contribution in [1.29, 1.82) is 0 Å². The molecule has 0 amide bonds. The van der Waals surface area contributed by atoms with Crippen LogP contribution in [-0.4, -0.2) is 40.1 Å². The van der Waals surface area contributed by atoms with Crippen molar-refractivity contribution < 1.29 is 0 Å². The Bertz CT molecular complexity index is 1180. The molecular weight excluding hydrogens is 358 g/mol. The molecule has 0 radical (unpaired) electrons. The van der Waals surface area contributed by atoms with Gasteiger partial charge in [0.05, 0.1) is 21.6 Å². The molecule has 5 rings (SSSR count). The van der Waals surface area contributed by atoms with Gasteiger partial charge >= 0.3 is 0 Å². The highest BCUT2D eigenvalue weighted by molar-refractivity contribution is 7.98. The number of aromatic amines is 1. The number of hydrogen-bond donors (Lipinski definition) is 2. The highest BCUT2D eigenvalue weighted by Crippen LogP contribution is 2.35. The maximum atomic E-state index is 11.8. The Labute approximate surface area is 160 Å². The summed E-state index contributed by atoms with van der Waals surface area (Å²) >= 11 is 1.60. The highest BCUT2D eigenvalue weighted by atomic mass is 32.2. The number of rotatable bonds is 3. The topological polar surface area (TPSA) is 66.0 Å². The first-order valence-electron chi connectivity index (χ1n) is 9.02. The van der Waals surface area contributed by atoms with E-state index in [0.29, 0.717) is 0 Å². The number of pyridine rings is 2. The zero-order valence-corrected chi connectivity index (χ0v) is 15.5. The number of benzene rings is 1. The quantitative estimate of drug-likeness (QED) is 0.575. The largest absolute Gasteiger partial charge is 0.366 e. The van der Waals surface area contributed by atoms with E-state index in [2.05, 4.69) is 36.4 Å². The van der Waals surface area contributed by atoms with E-state index < -0.39 is 0 Å². The summed E-state index contributed by atoms with van der Waals surface area (Å²) in [6, 6.07) is 13.5. The van der Waals surface area contributed by atoms with Crippen molar-refractivity contribution in [3.63, 3.8) is 0 Å². The first-order valence-corrected chi connectivity index (χ1v) is 9.79. The number of H-pyrrole nitrogens is 1. The van der Waals surface area contributed by atoms with Crippen molar-refractivity contribution in [3.8, 4) is 0 Å². The van der Waals surface area contributed by atoms with Gasteiger partial charge in [0.1, 0.15) is 5.52 Å². The molecule has 4 aromatic rings. The fourth-order valence-electron chi connectivity index (χ4n) is 3.56. The Hall–Kier alpha value is -2.77. The van der Waals surface area contributed by atoms with Crippen LogP contribution in [0.15, 0.2) is 64.5 Å². The van der Waals surface area contributed by atoms with Gasteiger partial charge in [-0.05, 0) is 41.6 Å². The molecule has 136 valence electrons. The minimum absolute atomic E-state index is 0.0870. The van der Waals surface area contributed by atoms with Gasteiger partial charge in [-0.3, -0.25) is 13.8 Å². The Morgan fingerprint density at radius 2 is 1.93 bits per heavy atom. The lowest BCUT2D eigenvalue weighted by atomic mass is 10.2. The molecule has 0 bridgehead atoms. The van der Waals surface area contributed by atoms with Crippen LogP contribution in [0.3, 0.4) is 0 Å². The molecule has 3 aromatic heterocycles. The van der Waals surface area contributed by atoms with E-state index in [1.165, 1.54) is 0 Å². The molecule has 0 saturated carbocycles. The Balaban J connectivity index is 1.62. The molecule has 0 atom stereocenters. The second kappa shape index (κ2) is 6.75. The highest BCUT2D eigenvalue weighted by Gasteiger charge is 2.18. The van der Waals surface area contributed by atoms with E-state index in [4.69, 9.17) is 0 Å². The molecule has 1 fully saturated rings. The molecule has 6 nitrogen and oxygen atoms in total. The smallest absolute Gasteiger partial charge is 0.248 e. The summed E-state index contributed by atoms with van der Waals surface area (Å²) in [5.74, 6) is 0. The number of piperazine rings is 1. The van der Waals surface area contributed by atoms with Crippen LogP contribution < -0.4 is 15.8 Å². The van der Waals surface area contributed by atoms with E-state index in [1.54, 1.807) is 18.0 Å². The second-order valence-electron chi connectivity index (χ2n) is 6.58. The van der Waals surface area contributed by atoms with Crippen LogP contribution in [0, 0.1) is 0 Å². The summed E-state index contributed by atoms with van der Waals surface area (Å²) in [4.78, 5) is 22.8. The first-order chi connectivity index (χ1) is 13.3. The molecule has 1 saturated heterocycles. The zero-order valence-electron chi connectivity index (χ0n) is 14.7. The van der Waals surface area contributed by atoms with Gasteiger partial charge in [0.25, 0.3) is 0 Å². The zero-order chi connectivity index (χ0) is 18.2. The van der Waals surface area contributed by atoms with Gasteiger partial charge in [-0.2, -0.15) is 0 Å². The molecule has 1 aliphatic rings. The number of nitrogens with one attached hydrogen (secondary N) is 2. The SMILES string of the molecule is O=c1ccc2cccc(Sn3cc(N4CCNCC4)c4ncccc43)c2[nH]1. The minimum Gasteiger partial charge on any atom is -0.366 e. The average Bonchev–Trinajstić information content (AvgIpc) is 3.08. The van der Waals surface area contributed by atoms with Gasteiger partial charge in [0.15, 0.2) is 0 Å². The van der Waals surface area contributed by atoms with E-state index in [-0.39, 0.29) is 5.56 Å². The summed E-state index contributed by atoms with van der Waals surface area (Å²) < 4.78 is 2.15. The molecule has 27 heavy (non-hydrogen) atoms. The number of nitrogens with zero attached hydrogens (tertiary/aromatic N) is 3. The molecule has 1 aliphatic heterocycles. The Morgan fingerprint density at radius 3 is 2.81 bits per heavy atom. The van der Waals surface area contributed by atoms with Crippen molar-refractivity contribution in [3.05, 3.63) is 65.2 Å². The molecule has 1 aromatic carbocycles. The Kier molecular flexibility index (Phi) is 4.10. The van der Waals surface area contributed by atoms with Crippen molar-refractivity contribution in [2.24, 2.45) is 0 Å². The molecule has 7 heteroatoms. The minimum atomic E-state index is -0.0870. The van der Waals surface area contributed by atoms with Crippen LogP contribution in [0.4, 0.5) is 5.69 Å². The average molecular weight is 377 g/mol. The van der Waals surface area contributed by atoms with E-state index in [9.17, 15) is 4.79 Å². The molecule has 0 aliphatic carbocycles. The van der Waals surface area contributed by atoms with Gasteiger partial charge in [-0.1, -0.05) is 12.1 Å². The maximum Gasteiger partial charge on any atom is 0.248 e. The van der Waals surface area contributed by atoms with Crippen LogP contribution in [0.5, 0.6) is 0 Å².